The molecule has 0 spiro atoms. The quantitative estimate of drug-likeness (QED) is 0.542. The van der Waals surface area contributed by atoms with Gasteiger partial charge in [0, 0.05) is 12.6 Å². The lowest BCUT2D eigenvalue weighted by molar-refractivity contribution is -0.114. The van der Waals surface area contributed by atoms with E-state index in [0.717, 1.165) is 24.0 Å². The predicted molar refractivity (Wildman–Crippen MR) is 122 cm³/mol. The molecule has 0 aliphatic heterocycles. The summed E-state index contributed by atoms with van der Waals surface area (Å²) in [6.45, 7) is 2.50. The molecule has 0 saturated heterocycles. The largest absolute Gasteiger partial charge is 0.383 e. The fraction of sp³-hybridized carbons (Fsp3) is 0.227. The van der Waals surface area contributed by atoms with Crippen molar-refractivity contribution in [1.29, 1.82) is 0 Å². The van der Waals surface area contributed by atoms with Crippen LogP contribution in [0.2, 0.25) is 0 Å². The van der Waals surface area contributed by atoms with E-state index in [2.05, 4.69) is 4.98 Å². The number of nitrogens with zero attached hydrogens (tertiary/aromatic N) is 2. The number of carbonyl (C=O) groups is 1. The maximum Gasteiger partial charge on any atom is 0.330 e. The second-order valence-corrected chi connectivity index (χ2v) is 7.58. The lowest BCUT2D eigenvalue weighted by Crippen LogP contribution is -2.40. The number of carbonyl (C=O) groups excluding carboxylic acids is 1. The molecule has 3 rings (SSSR count). The number of aromatic nitrogens is 2. The molecule has 2 heterocycles. The van der Waals surface area contributed by atoms with Crippen molar-refractivity contribution in [2.45, 2.75) is 32.9 Å². The standard InChI is InChI=1S/C22H24N4O3S/c1-2-3-12-25-20(23)19(21(28)24-22(25)29)26(14-16-7-5-4-6-8-16)18(27)10-9-17-11-13-30-15-17/h4-11,13,15H,2-3,12,14,23H2,1H3,(H,24,28,29)/b10-9+. The number of nitrogens with two attached hydrogens (primary N) is 1. The summed E-state index contributed by atoms with van der Waals surface area (Å²) in [5.41, 5.74) is 6.69. The molecule has 1 amide bonds. The van der Waals surface area contributed by atoms with Crippen LogP contribution in [0, 0.1) is 0 Å². The molecule has 0 unspecified atom stereocenters. The van der Waals surface area contributed by atoms with Crippen LogP contribution in [0.15, 0.2) is 62.8 Å². The van der Waals surface area contributed by atoms with E-state index >= 15 is 0 Å². The van der Waals surface area contributed by atoms with Crippen molar-refractivity contribution in [3.8, 4) is 0 Å². The van der Waals surface area contributed by atoms with Gasteiger partial charge in [-0.05, 0) is 40.5 Å². The number of benzene rings is 1. The fourth-order valence-corrected chi connectivity index (χ4v) is 3.67. The first-order valence-corrected chi connectivity index (χ1v) is 10.6. The molecule has 30 heavy (non-hydrogen) atoms. The Morgan fingerprint density at radius 3 is 2.67 bits per heavy atom. The highest BCUT2D eigenvalue weighted by atomic mass is 32.1. The zero-order valence-corrected chi connectivity index (χ0v) is 17.5. The summed E-state index contributed by atoms with van der Waals surface area (Å²) in [6, 6.07) is 11.2. The monoisotopic (exact) mass is 424 g/mol. The van der Waals surface area contributed by atoms with Crippen molar-refractivity contribution < 1.29 is 4.79 Å². The molecule has 8 heteroatoms. The van der Waals surface area contributed by atoms with Gasteiger partial charge in [-0.3, -0.25) is 24.0 Å². The zero-order chi connectivity index (χ0) is 21.5. The Hall–Kier alpha value is -3.39. The number of nitrogen functional groups attached to an aromatic ring is 1. The van der Waals surface area contributed by atoms with Crippen molar-refractivity contribution in [2.24, 2.45) is 0 Å². The lowest BCUT2D eigenvalue weighted by atomic mass is 10.2. The highest BCUT2D eigenvalue weighted by molar-refractivity contribution is 7.08. The third-order valence-corrected chi connectivity index (χ3v) is 5.33. The Balaban J connectivity index is 2.06. The van der Waals surface area contributed by atoms with Gasteiger partial charge in [0.2, 0.25) is 0 Å². The molecule has 156 valence electrons. The van der Waals surface area contributed by atoms with E-state index in [4.69, 9.17) is 5.73 Å². The molecular formula is C22H24N4O3S. The van der Waals surface area contributed by atoms with Crippen LogP contribution in [0.5, 0.6) is 0 Å². The van der Waals surface area contributed by atoms with Crippen LogP contribution in [-0.4, -0.2) is 15.5 Å². The van der Waals surface area contributed by atoms with Gasteiger partial charge in [-0.15, -0.1) is 0 Å². The Kier molecular flexibility index (Phi) is 7.03. The number of anilines is 2. The number of aromatic amines is 1. The summed E-state index contributed by atoms with van der Waals surface area (Å²) >= 11 is 1.53. The summed E-state index contributed by atoms with van der Waals surface area (Å²) in [7, 11) is 0. The first-order valence-electron chi connectivity index (χ1n) is 9.69. The van der Waals surface area contributed by atoms with Gasteiger partial charge in [-0.25, -0.2) is 4.79 Å². The van der Waals surface area contributed by atoms with E-state index in [1.807, 2.05) is 54.1 Å². The van der Waals surface area contributed by atoms with Gasteiger partial charge in [-0.1, -0.05) is 43.7 Å². The average molecular weight is 425 g/mol. The Bertz CT molecular complexity index is 1130. The Morgan fingerprint density at radius 2 is 2.00 bits per heavy atom. The molecule has 0 radical (unpaired) electrons. The topological polar surface area (TPSA) is 101 Å². The van der Waals surface area contributed by atoms with Crippen LogP contribution < -0.4 is 21.9 Å². The smallest absolute Gasteiger partial charge is 0.330 e. The van der Waals surface area contributed by atoms with E-state index in [-0.39, 0.29) is 18.1 Å². The van der Waals surface area contributed by atoms with Crippen molar-refractivity contribution in [3.63, 3.8) is 0 Å². The van der Waals surface area contributed by atoms with Gasteiger partial charge < -0.3 is 5.73 Å². The van der Waals surface area contributed by atoms with Crippen LogP contribution in [0.1, 0.15) is 30.9 Å². The summed E-state index contributed by atoms with van der Waals surface area (Å²) in [6.07, 6.45) is 4.68. The van der Waals surface area contributed by atoms with Crippen LogP contribution in [0.4, 0.5) is 11.5 Å². The second kappa shape index (κ2) is 9.89. The van der Waals surface area contributed by atoms with Gasteiger partial charge >= 0.3 is 5.69 Å². The molecule has 0 aliphatic rings. The van der Waals surface area contributed by atoms with Crippen molar-refractivity contribution >= 4 is 34.8 Å². The summed E-state index contributed by atoms with van der Waals surface area (Å²) in [5.74, 6) is -0.409. The molecule has 3 N–H and O–H groups in total. The van der Waals surface area contributed by atoms with E-state index < -0.39 is 17.2 Å². The molecule has 3 aromatic rings. The summed E-state index contributed by atoms with van der Waals surface area (Å²) in [5, 5.41) is 3.83. The number of rotatable bonds is 8. The number of hydrogen-bond acceptors (Lipinski definition) is 5. The number of amides is 1. The minimum absolute atomic E-state index is 0.00888. The first-order chi connectivity index (χ1) is 14.5. The van der Waals surface area contributed by atoms with E-state index in [1.54, 1.807) is 6.08 Å². The molecule has 0 aliphatic carbocycles. The van der Waals surface area contributed by atoms with Crippen LogP contribution >= 0.6 is 11.3 Å². The maximum atomic E-state index is 13.1. The third-order valence-electron chi connectivity index (χ3n) is 4.63. The van der Waals surface area contributed by atoms with Crippen LogP contribution in [0.3, 0.4) is 0 Å². The summed E-state index contributed by atoms with van der Waals surface area (Å²) < 4.78 is 1.31. The molecule has 1 aromatic carbocycles. The van der Waals surface area contributed by atoms with Crippen molar-refractivity contribution in [1.82, 2.24) is 9.55 Å². The zero-order valence-electron chi connectivity index (χ0n) is 16.7. The van der Waals surface area contributed by atoms with Gasteiger partial charge in [0.1, 0.15) is 5.82 Å². The lowest BCUT2D eigenvalue weighted by Gasteiger charge is -2.23. The van der Waals surface area contributed by atoms with E-state index in [1.165, 1.54) is 26.9 Å². The minimum Gasteiger partial charge on any atom is -0.383 e. The number of hydrogen-bond donors (Lipinski definition) is 2. The fourth-order valence-electron chi connectivity index (χ4n) is 3.04. The number of H-pyrrole nitrogens is 1. The number of nitrogens with one attached hydrogen (secondary N) is 1. The molecule has 2 aromatic heterocycles. The average Bonchev–Trinajstić information content (AvgIpc) is 3.25. The molecule has 0 atom stereocenters. The van der Waals surface area contributed by atoms with Gasteiger partial charge in [0.15, 0.2) is 5.69 Å². The van der Waals surface area contributed by atoms with Crippen LogP contribution in [-0.2, 0) is 17.9 Å². The van der Waals surface area contributed by atoms with E-state index in [9.17, 15) is 14.4 Å². The molecule has 0 saturated carbocycles. The molecule has 7 nitrogen and oxygen atoms in total. The molecule has 0 bridgehead atoms. The van der Waals surface area contributed by atoms with Gasteiger partial charge in [0.25, 0.3) is 11.5 Å². The predicted octanol–water partition coefficient (Wildman–Crippen LogP) is 3.23. The van der Waals surface area contributed by atoms with Crippen molar-refractivity contribution in [3.05, 3.63) is 85.2 Å². The molecular weight excluding hydrogens is 400 g/mol. The normalized spacial score (nSPS) is 11.1. The Morgan fingerprint density at radius 1 is 1.23 bits per heavy atom. The summed E-state index contributed by atoms with van der Waals surface area (Å²) in [4.78, 5) is 41.7. The third kappa shape index (κ3) is 4.96. The Labute approximate surface area is 178 Å². The number of thiophene rings is 1. The van der Waals surface area contributed by atoms with Crippen LogP contribution in [0.25, 0.3) is 6.08 Å². The number of unbranched alkanes of at least 4 members (excludes halogenated alkanes) is 1. The highest BCUT2D eigenvalue weighted by Crippen LogP contribution is 2.21. The van der Waals surface area contributed by atoms with Crippen molar-refractivity contribution in [2.75, 3.05) is 10.6 Å². The molecule has 0 fully saturated rings. The van der Waals surface area contributed by atoms with Gasteiger partial charge in [-0.2, -0.15) is 11.3 Å². The highest BCUT2D eigenvalue weighted by Gasteiger charge is 2.23. The van der Waals surface area contributed by atoms with Gasteiger partial charge in [0.05, 0.1) is 6.54 Å². The SMILES string of the molecule is CCCCn1c(N)c(N(Cc2ccccc2)C(=O)/C=C/c2ccsc2)c(=O)[nH]c1=O. The minimum atomic E-state index is -0.682. The maximum absolute atomic E-state index is 13.1. The first kappa shape index (κ1) is 21.3. The van der Waals surface area contributed by atoms with E-state index in [0.29, 0.717) is 6.54 Å². The second-order valence-electron chi connectivity index (χ2n) is 6.80.